The van der Waals surface area contributed by atoms with Gasteiger partial charge in [0.1, 0.15) is 0 Å². The smallest absolute Gasteiger partial charge is 0.268 e. The lowest BCUT2D eigenvalue weighted by Gasteiger charge is -2.32. The molecule has 3 nitrogen and oxygen atoms in total. The van der Waals surface area contributed by atoms with Gasteiger partial charge >= 0.3 is 0 Å². The van der Waals surface area contributed by atoms with Crippen molar-refractivity contribution in [1.82, 2.24) is 0 Å². The van der Waals surface area contributed by atoms with Crippen LogP contribution in [0.5, 0.6) is 0 Å². The molecule has 0 unspecified atom stereocenters. The highest BCUT2D eigenvalue weighted by molar-refractivity contribution is 7.78. The summed E-state index contributed by atoms with van der Waals surface area (Å²) >= 11 is 0. The Morgan fingerprint density at radius 2 is 1.65 bits per heavy atom. The van der Waals surface area contributed by atoms with Crippen molar-refractivity contribution in [2.45, 2.75) is 52.6 Å². The number of benzene rings is 1. The third kappa shape index (κ3) is 2.90. The van der Waals surface area contributed by atoms with Gasteiger partial charge in [0.25, 0.3) is 5.91 Å². The van der Waals surface area contributed by atoms with Crippen LogP contribution in [0.1, 0.15) is 44.7 Å². The van der Waals surface area contributed by atoms with Crippen LogP contribution in [0.25, 0.3) is 4.85 Å². The Bertz CT molecular complexity index is 621. The summed E-state index contributed by atoms with van der Waals surface area (Å²) in [6.45, 7) is 17.9. The van der Waals surface area contributed by atoms with E-state index < -0.39 is 7.26 Å². The number of amides is 1. The van der Waals surface area contributed by atoms with Gasteiger partial charge in [0, 0.05) is 25.8 Å². The van der Waals surface area contributed by atoms with E-state index in [1.807, 2.05) is 26.0 Å². The van der Waals surface area contributed by atoms with E-state index in [9.17, 15) is 4.79 Å². The van der Waals surface area contributed by atoms with Crippen molar-refractivity contribution in [1.29, 1.82) is 0 Å². The molecule has 2 rings (SSSR count). The molecule has 0 heterocycles. The Morgan fingerprint density at radius 1 is 1.17 bits per heavy atom. The Morgan fingerprint density at radius 3 is 2.00 bits per heavy atom. The fourth-order valence-corrected chi connectivity index (χ4v) is 8.75. The SMILES string of the molecule is [C-]#[N+]c1cc(C)c(NC(=O)C2([P+](CC)(CC)CC)CC2)c(C)c1. The number of aryl methyl sites for hydroxylation is 2. The van der Waals surface area contributed by atoms with E-state index in [4.69, 9.17) is 6.57 Å². The molecule has 0 radical (unpaired) electrons. The van der Waals surface area contributed by atoms with E-state index in [0.717, 1.165) is 48.1 Å². The fourth-order valence-electron chi connectivity index (χ4n) is 4.05. The minimum atomic E-state index is -1.23. The molecule has 1 aliphatic rings. The second-order valence-electron chi connectivity index (χ2n) is 6.65. The summed E-state index contributed by atoms with van der Waals surface area (Å²) in [4.78, 5) is 16.6. The van der Waals surface area contributed by atoms with Crippen LogP contribution < -0.4 is 5.32 Å². The highest BCUT2D eigenvalue weighted by Gasteiger charge is 2.68. The van der Waals surface area contributed by atoms with Crippen molar-refractivity contribution in [2.24, 2.45) is 0 Å². The molecule has 0 saturated heterocycles. The third-order valence-corrected chi connectivity index (χ3v) is 11.9. The molecule has 1 fully saturated rings. The minimum absolute atomic E-state index is 0.0946. The van der Waals surface area contributed by atoms with Gasteiger partial charge in [-0.25, -0.2) is 4.85 Å². The maximum Gasteiger partial charge on any atom is 0.268 e. The lowest BCUT2D eigenvalue weighted by Crippen LogP contribution is -2.35. The van der Waals surface area contributed by atoms with E-state index in [-0.39, 0.29) is 11.1 Å². The van der Waals surface area contributed by atoms with E-state index in [1.165, 1.54) is 0 Å². The zero-order chi connectivity index (χ0) is 17.3. The zero-order valence-corrected chi connectivity index (χ0v) is 15.9. The van der Waals surface area contributed by atoms with Crippen LogP contribution >= 0.6 is 7.26 Å². The summed E-state index contributed by atoms with van der Waals surface area (Å²) in [6, 6.07) is 3.72. The highest BCUT2D eigenvalue weighted by atomic mass is 31.2. The van der Waals surface area contributed by atoms with Crippen LogP contribution in [0.3, 0.4) is 0 Å². The number of anilines is 1. The second kappa shape index (κ2) is 6.62. The monoisotopic (exact) mass is 331 g/mol. The Hall–Kier alpha value is -1.39. The van der Waals surface area contributed by atoms with Gasteiger partial charge in [-0.2, -0.15) is 0 Å². The Balaban J connectivity index is 2.32. The highest BCUT2D eigenvalue weighted by Crippen LogP contribution is 2.77. The number of carbonyl (C=O) groups excluding carboxylic acids is 1. The summed E-state index contributed by atoms with van der Waals surface area (Å²) in [5.41, 5.74) is 3.49. The predicted molar refractivity (Wildman–Crippen MR) is 101 cm³/mol. The van der Waals surface area contributed by atoms with Crippen LogP contribution in [0.15, 0.2) is 12.1 Å². The van der Waals surface area contributed by atoms with E-state index >= 15 is 0 Å². The van der Waals surface area contributed by atoms with Crippen molar-refractivity contribution in [3.05, 3.63) is 34.7 Å². The van der Waals surface area contributed by atoms with Crippen LogP contribution in [0, 0.1) is 20.4 Å². The third-order valence-electron chi connectivity index (χ3n) is 5.76. The van der Waals surface area contributed by atoms with E-state index in [2.05, 4.69) is 30.9 Å². The first kappa shape index (κ1) is 18.0. The molecule has 0 bridgehead atoms. The average Bonchev–Trinajstić information content (AvgIpc) is 3.35. The Kier molecular flexibility index (Phi) is 5.17. The van der Waals surface area contributed by atoms with Crippen LogP contribution in [-0.2, 0) is 4.79 Å². The number of hydrogen-bond donors (Lipinski definition) is 1. The first-order valence-electron chi connectivity index (χ1n) is 8.56. The fraction of sp³-hybridized carbons (Fsp3) is 0.579. The molecule has 1 aliphatic carbocycles. The lowest BCUT2D eigenvalue weighted by molar-refractivity contribution is -0.116. The standard InChI is InChI=1S/C19H27N2OP/c1-7-23(8-2,9-3)19(10-11-19)18(22)21-17-14(4)12-16(20-6)13-15(17)5/h12-13H,7-11H2,1-5H3/p+1. The molecule has 0 aromatic heterocycles. The van der Waals surface area contributed by atoms with Gasteiger partial charge in [-0.05, 0) is 45.7 Å². The molecule has 1 amide bonds. The molecule has 0 aliphatic heterocycles. The normalized spacial score (nSPS) is 15.8. The van der Waals surface area contributed by atoms with Crippen LogP contribution in [0.2, 0.25) is 0 Å². The van der Waals surface area contributed by atoms with E-state index in [0.29, 0.717) is 5.69 Å². The molecule has 23 heavy (non-hydrogen) atoms. The number of hydrogen-bond acceptors (Lipinski definition) is 1. The molecule has 1 aromatic rings. The molecule has 1 N–H and O–H groups in total. The second-order valence-corrected chi connectivity index (χ2v) is 11.7. The topological polar surface area (TPSA) is 33.5 Å². The van der Waals surface area contributed by atoms with Gasteiger partial charge in [-0.1, -0.05) is 12.1 Å². The maximum atomic E-state index is 13.1. The predicted octanol–water partition coefficient (Wildman–Crippen LogP) is 5.40. The van der Waals surface area contributed by atoms with Gasteiger partial charge in [0.05, 0.1) is 25.1 Å². The largest absolute Gasteiger partial charge is 0.322 e. The molecule has 1 aromatic carbocycles. The molecule has 0 atom stereocenters. The number of rotatable bonds is 6. The summed E-state index contributed by atoms with van der Waals surface area (Å²) in [5.74, 6) is 0.221. The van der Waals surface area contributed by atoms with Crippen LogP contribution in [0.4, 0.5) is 11.4 Å². The van der Waals surface area contributed by atoms with Crippen molar-refractivity contribution in [3.8, 4) is 0 Å². The van der Waals surface area contributed by atoms with E-state index in [1.54, 1.807) is 0 Å². The minimum Gasteiger partial charge on any atom is -0.322 e. The molecular formula is C19H28N2OP+. The summed E-state index contributed by atoms with van der Waals surface area (Å²) < 4.78 is 0. The van der Waals surface area contributed by atoms with Crippen LogP contribution in [-0.4, -0.2) is 29.5 Å². The average molecular weight is 331 g/mol. The summed E-state index contributed by atoms with van der Waals surface area (Å²) in [7, 11) is -1.23. The van der Waals surface area contributed by atoms with Crippen molar-refractivity contribution >= 4 is 24.5 Å². The van der Waals surface area contributed by atoms with Gasteiger partial charge in [-0.15, -0.1) is 0 Å². The van der Waals surface area contributed by atoms with Gasteiger partial charge < -0.3 is 5.32 Å². The van der Waals surface area contributed by atoms with Gasteiger partial charge in [0.15, 0.2) is 10.8 Å². The molecule has 4 heteroatoms. The number of carbonyl (C=O) groups is 1. The van der Waals surface area contributed by atoms with Gasteiger partial charge in [-0.3, -0.25) is 4.79 Å². The summed E-state index contributed by atoms with van der Waals surface area (Å²) in [6.07, 6.45) is 5.55. The van der Waals surface area contributed by atoms with Gasteiger partial charge in [0.2, 0.25) is 0 Å². The van der Waals surface area contributed by atoms with Crippen molar-refractivity contribution in [2.75, 3.05) is 23.8 Å². The zero-order valence-electron chi connectivity index (χ0n) is 15.0. The molecule has 124 valence electrons. The number of nitrogens with one attached hydrogen (secondary N) is 1. The Labute approximate surface area is 141 Å². The quantitative estimate of drug-likeness (QED) is 0.549. The molecule has 0 spiro atoms. The first-order valence-corrected chi connectivity index (χ1v) is 10.9. The lowest BCUT2D eigenvalue weighted by atomic mass is 10.1. The maximum absolute atomic E-state index is 13.1. The number of nitrogens with zero attached hydrogens (tertiary/aromatic N) is 1. The summed E-state index contributed by atoms with van der Waals surface area (Å²) in [5, 5.41) is 3.13. The first-order chi connectivity index (χ1) is 10.9. The molecular weight excluding hydrogens is 303 g/mol. The van der Waals surface area contributed by atoms with Crippen molar-refractivity contribution < 1.29 is 4.79 Å². The molecule has 1 saturated carbocycles. The van der Waals surface area contributed by atoms with Crippen molar-refractivity contribution in [3.63, 3.8) is 0 Å².